The number of nitrogens with zero attached hydrogens (tertiary/aromatic N) is 4. The third-order valence-corrected chi connectivity index (χ3v) is 10.9. The van der Waals surface area contributed by atoms with Gasteiger partial charge in [0.25, 0.3) is 11.8 Å². The van der Waals surface area contributed by atoms with Crippen molar-refractivity contribution in [3.8, 4) is 0 Å². The maximum Gasteiger partial charge on any atom is 0.280 e. The first-order chi connectivity index (χ1) is 21.1. The summed E-state index contributed by atoms with van der Waals surface area (Å²) < 4.78 is 8.44. The molecule has 2 N–H and O–H groups in total. The summed E-state index contributed by atoms with van der Waals surface area (Å²) in [4.78, 5) is 47.1. The van der Waals surface area contributed by atoms with E-state index < -0.39 is 29.6 Å². The van der Waals surface area contributed by atoms with Gasteiger partial charge >= 0.3 is 0 Å². The number of piperidine rings is 1. The number of carbonyl (C=O) groups is 3. The number of fused-ring (bicyclic) bond motifs is 5. The van der Waals surface area contributed by atoms with E-state index in [0.717, 1.165) is 12.0 Å². The molecule has 0 radical (unpaired) electrons. The molecule has 1 aromatic heterocycles. The molecule has 4 aliphatic heterocycles. The number of aromatic nitrogens is 1. The van der Waals surface area contributed by atoms with E-state index in [0.29, 0.717) is 32.4 Å². The second-order valence-electron chi connectivity index (χ2n) is 13.6. The molecule has 4 saturated heterocycles. The Kier molecular flexibility index (Phi) is 6.08. The smallest absolute Gasteiger partial charge is 0.280 e. The number of piperazine rings is 1. The number of aryl methyl sites for hydroxylation is 1. The zero-order valence-corrected chi connectivity index (χ0v) is 25.4. The molecule has 4 fully saturated rings. The molecule has 3 amide bonds. The van der Waals surface area contributed by atoms with Crippen molar-refractivity contribution in [2.75, 3.05) is 20.1 Å². The number of likely N-dealkylation sites (N-methyl/N-ethyl adjacent to an activating group) is 1. The number of hydrogen-bond acceptors (Lipinski definition) is 6. The molecule has 5 heterocycles. The molecular formula is C34H39N5O5. The van der Waals surface area contributed by atoms with Gasteiger partial charge in [0, 0.05) is 55.6 Å². The molecule has 10 nitrogen and oxygen atoms in total. The van der Waals surface area contributed by atoms with E-state index in [1.54, 1.807) is 4.90 Å². The van der Waals surface area contributed by atoms with Gasteiger partial charge in [-0.3, -0.25) is 24.0 Å². The molecule has 5 aliphatic rings. The molecule has 1 unspecified atom stereocenters. The number of ether oxygens (including phenoxy) is 1. The zero-order valence-electron chi connectivity index (χ0n) is 25.4. The molecule has 0 bridgehead atoms. The Labute approximate surface area is 256 Å². The van der Waals surface area contributed by atoms with E-state index in [2.05, 4.69) is 53.3 Å². The lowest BCUT2D eigenvalue weighted by molar-refractivity contribution is -0.315. The van der Waals surface area contributed by atoms with Crippen molar-refractivity contribution in [3.63, 3.8) is 0 Å². The van der Waals surface area contributed by atoms with E-state index in [1.807, 2.05) is 30.3 Å². The van der Waals surface area contributed by atoms with Crippen LogP contribution in [-0.2, 0) is 39.0 Å². The van der Waals surface area contributed by atoms with Crippen LogP contribution in [0.15, 0.2) is 54.7 Å². The number of likely N-dealkylation sites (tertiary alicyclic amines) is 1. The van der Waals surface area contributed by atoms with Crippen LogP contribution in [0.5, 0.6) is 0 Å². The molecule has 10 heteroatoms. The van der Waals surface area contributed by atoms with Crippen LogP contribution in [0.25, 0.3) is 10.9 Å². The van der Waals surface area contributed by atoms with Crippen molar-refractivity contribution in [3.05, 3.63) is 71.4 Å². The van der Waals surface area contributed by atoms with Gasteiger partial charge in [-0.2, -0.15) is 0 Å². The summed E-state index contributed by atoms with van der Waals surface area (Å²) in [6, 6.07) is 14.6. The number of amides is 3. The fraction of sp³-hybridized carbons (Fsp3) is 0.500. The maximum atomic E-state index is 14.2. The highest BCUT2D eigenvalue weighted by Gasteiger charge is 2.70. The number of aliphatic hydroxyl groups is 1. The first-order valence-corrected chi connectivity index (χ1v) is 15.8. The monoisotopic (exact) mass is 597 g/mol. The lowest BCUT2D eigenvalue weighted by Gasteiger charge is -2.48. The maximum absolute atomic E-state index is 14.2. The van der Waals surface area contributed by atoms with Crippen molar-refractivity contribution in [2.45, 2.75) is 74.7 Å². The second-order valence-corrected chi connectivity index (χ2v) is 13.6. The SMILES string of the molecule is CN1C[C@H](C(=O)N[C@]2(C)O[C@@]3(O)[C@@H]4CCCN4C(=O)[C@H](Cc4ccccc4)N3C2=O)CC2c3cccc4c3c(cn4C)C[C@H]21. The molecule has 7 atom stereocenters. The summed E-state index contributed by atoms with van der Waals surface area (Å²) >= 11 is 0. The highest BCUT2D eigenvalue weighted by molar-refractivity contribution is 5.97. The lowest BCUT2D eigenvalue weighted by atomic mass is 9.72. The third-order valence-electron chi connectivity index (χ3n) is 10.9. The predicted molar refractivity (Wildman–Crippen MR) is 162 cm³/mol. The number of carbonyl (C=O) groups excluding carboxylic acids is 3. The van der Waals surface area contributed by atoms with Crippen LogP contribution in [0.3, 0.4) is 0 Å². The van der Waals surface area contributed by atoms with E-state index >= 15 is 0 Å². The minimum Gasteiger partial charge on any atom is -0.350 e. The summed E-state index contributed by atoms with van der Waals surface area (Å²) in [6.45, 7) is 2.56. The number of nitrogens with one attached hydrogen (secondary N) is 1. The Morgan fingerprint density at radius 3 is 2.70 bits per heavy atom. The van der Waals surface area contributed by atoms with Gasteiger partial charge in [0.15, 0.2) is 0 Å². The number of hydrogen-bond donors (Lipinski definition) is 2. The van der Waals surface area contributed by atoms with Crippen LogP contribution < -0.4 is 5.32 Å². The van der Waals surface area contributed by atoms with Crippen LogP contribution >= 0.6 is 0 Å². The number of benzene rings is 2. The molecule has 44 heavy (non-hydrogen) atoms. The summed E-state index contributed by atoms with van der Waals surface area (Å²) in [7, 11) is 4.15. The molecule has 3 aromatic rings. The van der Waals surface area contributed by atoms with Crippen molar-refractivity contribution < 1.29 is 24.2 Å². The average Bonchev–Trinajstić information content (AvgIpc) is 3.68. The highest BCUT2D eigenvalue weighted by Crippen LogP contribution is 2.47. The van der Waals surface area contributed by atoms with E-state index in [4.69, 9.17) is 4.74 Å². The van der Waals surface area contributed by atoms with Crippen LogP contribution in [-0.4, -0.2) is 92.0 Å². The van der Waals surface area contributed by atoms with Crippen LogP contribution in [0, 0.1) is 5.92 Å². The Bertz CT molecular complexity index is 1690. The topological polar surface area (TPSA) is 107 Å². The Morgan fingerprint density at radius 2 is 1.91 bits per heavy atom. The van der Waals surface area contributed by atoms with E-state index in [9.17, 15) is 19.5 Å². The minimum absolute atomic E-state index is 0.173. The lowest BCUT2D eigenvalue weighted by Crippen LogP contribution is -2.71. The van der Waals surface area contributed by atoms with Gasteiger partial charge in [-0.15, -0.1) is 0 Å². The van der Waals surface area contributed by atoms with Crippen LogP contribution in [0.4, 0.5) is 0 Å². The van der Waals surface area contributed by atoms with Gasteiger partial charge in [-0.1, -0.05) is 42.5 Å². The van der Waals surface area contributed by atoms with Gasteiger partial charge in [0.05, 0.1) is 5.92 Å². The fourth-order valence-corrected chi connectivity index (χ4v) is 8.93. The van der Waals surface area contributed by atoms with Gasteiger partial charge < -0.3 is 24.8 Å². The summed E-state index contributed by atoms with van der Waals surface area (Å²) in [6.07, 6.45) is 5.27. The Morgan fingerprint density at radius 1 is 1.11 bits per heavy atom. The van der Waals surface area contributed by atoms with Crippen LogP contribution in [0.2, 0.25) is 0 Å². The molecule has 0 saturated carbocycles. The molecule has 230 valence electrons. The van der Waals surface area contributed by atoms with Crippen LogP contribution in [0.1, 0.15) is 48.8 Å². The van der Waals surface area contributed by atoms with Gasteiger partial charge in [0.2, 0.25) is 17.5 Å². The Balaban J connectivity index is 1.08. The van der Waals surface area contributed by atoms with Gasteiger partial charge in [-0.25, -0.2) is 0 Å². The average molecular weight is 598 g/mol. The predicted octanol–water partition coefficient (Wildman–Crippen LogP) is 2.09. The van der Waals surface area contributed by atoms with Crippen molar-refractivity contribution in [1.82, 2.24) is 24.6 Å². The molecule has 2 aromatic carbocycles. The molecule has 0 spiro atoms. The summed E-state index contributed by atoms with van der Waals surface area (Å²) in [5, 5.41) is 16.3. The molecule has 1 aliphatic carbocycles. The van der Waals surface area contributed by atoms with E-state index in [1.165, 1.54) is 33.9 Å². The standard InChI is InChI=1S/C34H39N5O5/c1-33(32(42)39-27(15-20-9-5-4-6-10-20)31(41)38-14-8-13-28(38)34(39,43)44-33)35-30(40)22-16-24-23-11-7-12-25-29(23)21(18-36(25)2)17-26(24)37(3)19-22/h4-7,9-12,18,22,24,26-28,43H,8,13-17,19H2,1-3H3,(H,35,40)/t22-,24?,26-,27+,28+,33-,34+/m1/s1. The zero-order chi connectivity index (χ0) is 30.5. The van der Waals surface area contributed by atoms with Crippen molar-refractivity contribution in [2.24, 2.45) is 13.0 Å². The first kappa shape index (κ1) is 27.8. The van der Waals surface area contributed by atoms with E-state index in [-0.39, 0.29) is 36.1 Å². The highest BCUT2D eigenvalue weighted by atomic mass is 16.7. The van der Waals surface area contributed by atoms with Gasteiger partial charge in [-0.05, 0) is 62.4 Å². The summed E-state index contributed by atoms with van der Waals surface area (Å²) in [5.41, 5.74) is 2.88. The molecular weight excluding hydrogens is 558 g/mol. The van der Waals surface area contributed by atoms with Crippen molar-refractivity contribution in [1.29, 1.82) is 0 Å². The second kappa shape index (κ2) is 9.63. The third kappa shape index (κ3) is 3.87. The summed E-state index contributed by atoms with van der Waals surface area (Å²) in [5.74, 6) is -3.30. The Hall–Kier alpha value is -3.73. The quantitative estimate of drug-likeness (QED) is 0.477. The largest absolute Gasteiger partial charge is 0.350 e. The number of rotatable bonds is 4. The minimum atomic E-state index is -2.03. The fourth-order valence-electron chi connectivity index (χ4n) is 8.93. The molecule has 8 rings (SSSR count). The first-order valence-electron chi connectivity index (χ1n) is 15.8. The van der Waals surface area contributed by atoms with Gasteiger partial charge in [0.1, 0.15) is 12.1 Å². The normalized spacial score (nSPS) is 34.7. The van der Waals surface area contributed by atoms with Crippen molar-refractivity contribution >= 4 is 28.6 Å².